The van der Waals surface area contributed by atoms with Crippen molar-refractivity contribution in [3.63, 3.8) is 0 Å². The van der Waals surface area contributed by atoms with E-state index in [2.05, 4.69) is 15.2 Å². The lowest BCUT2D eigenvalue weighted by atomic mass is 10.1. The number of imide groups is 1. The van der Waals surface area contributed by atoms with E-state index in [1.54, 1.807) is 17.3 Å². The van der Waals surface area contributed by atoms with E-state index in [0.29, 0.717) is 26.1 Å². The fraction of sp³-hybridized carbons (Fsp3) is 0.417. The second-order valence-electron chi connectivity index (χ2n) is 8.26. The minimum atomic E-state index is -0.768. The van der Waals surface area contributed by atoms with Gasteiger partial charge in [0.1, 0.15) is 6.04 Å². The molecule has 1 atom stereocenters. The molecule has 0 aliphatic carbocycles. The summed E-state index contributed by atoms with van der Waals surface area (Å²) in [5, 5.41) is 2.68. The highest BCUT2D eigenvalue weighted by atomic mass is 16.2. The maximum atomic E-state index is 12.8. The van der Waals surface area contributed by atoms with Crippen molar-refractivity contribution in [3.05, 3.63) is 66.0 Å². The van der Waals surface area contributed by atoms with E-state index < -0.39 is 12.1 Å². The molecule has 2 aliphatic rings. The van der Waals surface area contributed by atoms with Crippen LogP contribution in [0.2, 0.25) is 0 Å². The summed E-state index contributed by atoms with van der Waals surface area (Å²) in [4.78, 5) is 47.1. The Hall–Kier alpha value is -3.26. The van der Waals surface area contributed by atoms with Gasteiger partial charge in [-0.05, 0) is 36.1 Å². The van der Waals surface area contributed by atoms with Crippen LogP contribution in [-0.2, 0) is 22.4 Å². The first-order valence-corrected chi connectivity index (χ1v) is 11.1. The molecule has 1 N–H and O–H groups in total. The van der Waals surface area contributed by atoms with E-state index >= 15 is 0 Å². The second-order valence-corrected chi connectivity index (χ2v) is 8.26. The number of piperazine rings is 1. The SMILES string of the molecule is O=C(CC1NC(=O)N(CCc2ccccc2)C1=O)N1CCN(CCc2ccncc2)CC1. The van der Waals surface area contributed by atoms with Crippen molar-refractivity contribution in [2.45, 2.75) is 25.3 Å². The number of pyridine rings is 1. The van der Waals surface area contributed by atoms with Crippen LogP contribution in [0.5, 0.6) is 0 Å². The zero-order chi connectivity index (χ0) is 22.3. The van der Waals surface area contributed by atoms with Crippen LogP contribution in [-0.4, -0.2) is 82.8 Å². The molecular formula is C24H29N5O3. The van der Waals surface area contributed by atoms with Crippen LogP contribution in [0.15, 0.2) is 54.9 Å². The van der Waals surface area contributed by atoms with E-state index in [4.69, 9.17) is 0 Å². The highest BCUT2D eigenvalue weighted by Crippen LogP contribution is 2.14. The van der Waals surface area contributed by atoms with Crippen LogP contribution in [0.1, 0.15) is 17.5 Å². The molecule has 8 nitrogen and oxygen atoms in total. The van der Waals surface area contributed by atoms with Crippen molar-refractivity contribution in [2.24, 2.45) is 0 Å². The Bertz CT molecular complexity index is 929. The Morgan fingerprint density at radius 2 is 1.56 bits per heavy atom. The van der Waals surface area contributed by atoms with E-state index in [9.17, 15) is 14.4 Å². The van der Waals surface area contributed by atoms with Gasteiger partial charge in [0, 0.05) is 51.7 Å². The summed E-state index contributed by atoms with van der Waals surface area (Å²) in [6.07, 6.45) is 5.18. The van der Waals surface area contributed by atoms with Gasteiger partial charge in [-0.1, -0.05) is 30.3 Å². The Morgan fingerprint density at radius 3 is 2.28 bits per heavy atom. The first-order valence-electron chi connectivity index (χ1n) is 11.1. The summed E-state index contributed by atoms with van der Waals surface area (Å²) < 4.78 is 0. The molecule has 0 saturated carbocycles. The predicted octanol–water partition coefficient (Wildman–Crippen LogP) is 1.32. The molecule has 1 unspecified atom stereocenters. The molecule has 32 heavy (non-hydrogen) atoms. The van der Waals surface area contributed by atoms with E-state index in [-0.39, 0.29) is 18.2 Å². The van der Waals surface area contributed by atoms with Crippen molar-refractivity contribution in [2.75, 3.05) is 39.3 Å². The number of carbonyl (C=O) groups is 3. The van der Waals surface area contributed by atoms with Crippen LogP contribution < -0.4 is 5.32 Å². The molecule has 2 saturated heterocycles. The smallest absolute Gasteiger partial charge is 0.324 e. The second kappa shape index (κ2) is 10.4. The number of amides is 4. The summed E-state index contributed by atoms with van der Waals surface area (Å²) >= 11 is 0. The van der Waals surface area contributed by atoms with Crippen LogP contribution in [0, 0.1) is 0 Å². The maximum Gasteiger partial charge on any atom is 0.324 e. The van der Waals surface area contributed by atoms with Gasteiger partial charge in [-0.3, -0.25) is 24.4 Å². The minimum Gasteiger partial charge on any atom is -0.340 e. The van der Waals surface area contributed by atoms with E-state index in [1.165, 1.54) is 10.5 Å². The van der Waals surface area contributed by atoms with Crippen molar-refractivity contribution in [3.8, 4) is 0 Å². The number of benzene rings is 1. The zero-order valence-electron chi connectivity index (χ0n) is 18.2. The highest BCUT2D eigenvalue weighted by molar-refractivity contribution is 6.05. The summed E-state index contributed by atoms with van der Waals surface area (Å²) in [5.74, 6) is -0.391. The van der Waals surface area contributed by atoms with Crippen LogP contribution in [0.25, 0.3) is 0 Å². The van der Waals surface area contributed by atoms with Gasteiger partial charge in [-0.25, -0.2) is 4.79 Å². The van der Waals surface area contributed by atoms with Gasteiger partial charge >= 0.3 is 6.03 Å². The number of urea groups is 1. The topological polar surface area (TPSA) is 85.8 Å². The predicted molar refractivity (Wildman–Crippen MR) is 120 cm³/mol. The molecule has 3 heterocycles. The standard InChI is InChI=1S/C24H29N5O3/c30-22(28-16-14-27(15-17-28)12-8-20-6-10-25-11-7-20)18-21-23(31)29(24(32)26-21)13-9-19-4-2-1-3-5-19/h1-7,10-11,21H,8-9,12-18H2,(H,26,32). The molecule has 168 valence electrons. The Labute approximate surface area is 188 Å². The third-order valence-electron chi connectivity index (χ3n) is 6.14. The monoisotopic (exact) mass is 435 g/mol. The zero-order valence-corrected chi connectivity index (χ0v) is 18.2. The van der Waals surface area contributed by atoms with Crippen molar-refractivity contribution >= 4 is 17.8 Å². The lowest BCUT2D eigenvalue weighted by Crippen LogP contribution is -2.50. The molecule has 0 bridgehead atoms. The summed E-state index contributed by atoms with van der Waals surface area (Å²) in [6, 6.07) is 12.6. The Balaban J connectivity index is 1.21. The number of carbonyl (C=O) groups excluding carboxylic acids is 3. The van der Waals surface area contributed by atoms with E-state index in [0.717, 1.165) is 31.6 Å². The largest absolute Gasteiger partial charge is 0.340 e. The molecule has 4 rings (SSSR count). The summed E-state index contributed by atoms with van der Waals surface area (Å²) in [5.41, 5.74) is 2.32. The van der Waals surface area contributed by atoms with Gasteiger partial charge in [0.2, 0.25) is 5.91 Å². The third-order valence-corrected chi connectivity index (χ3v) is 6.14. The number of hydrogen-bond acceptors (Lipinski definition) is 5. The van der Waals surface area contributed by atoms with Crippen molar-refractivity contribution < 1.29 is 14.4 Å². The van der Waals surface area contributed by atoms with Crippen molar-refractivity contribution in [1.82, 2.24) is 25.0 Å². The molecule has 0 radical (unpaired) electrons. The van der Waals surface area contributed by atoms with Crippen LogP contribution in [0.3, 0.4) is 0 Å². The molecule has 2 aliphatic heterocycles. The Kier molecular flexibility index (Phi) is 7.11. The first kappa shape index (κ1) is 22.0. The van der Waals surface area contributed by atoms with Crippen molar-refractivity contribution in [1.29, 1.82) is 0 Å². The number of nitrogens with zero attached hydrogens (tertiary/aromatic N) is 4. The quantitative estimate of drug-likeness (QED) is 0.632. The molecule has 2 fully saturated rings. The maximum absolute atomic E-state index is 12.8. The molecule has 1 aromatic carbocycles. The third kappa shape index (κ3) is 5.50. The fourth-order valence-electron chi connectivity index (χ4n) is 4.17. The van der Waals surface area contributed by atoms with Crippen LogP contribution >= 0.6 is 0 Å². The van der Waals surface area contributed by atoms with Gasteiger partial charge in [0.15, 0.2) is 0 Å². The first-order chi connectivity index (χ1) is 15.6. The number of nitrogens with one attached hydrogen (secondary N) is 1. The van der Waals surface area contributed by atoms with Gasteiger partial charge in [0.05, 0.1) is 6.42 Å². The number of rotatable bonds is 8. The number of aromatic nitrogens is 1. The van der Waals surface area contributed by atoms with E-state index in [1.807, 2.05) is 42.5 Å². The molecule has 2 aromatic rings. The summed E-state index contributed by atoms with van der Waals surface area (Å²) in [7, 11) is 0. The average molecular weight is 436 g/mol. The molecule has 8 heteroatoms. The lowest BCUT2D eigenvalue weighted by Gasteiger charge is -2.35. The Morgan fingerprint density at radius 1 is 0.906 bits per heavy atom. The molecular weight excluding hydrogens is 406 g/mol. The normalized spacial score (nSPS) is 19.3. The fourth-order valence-corrected chi connectivity index (χ4v) is 4.17. The average Bonchev–Trinajstić information content (AvgIpc) is 3.10. The molecule has 1 aromatic heterocycles. The van der Waals surface area contributed by atoms with Gasteiger partial charge in [0.25, 0.3) is 5.91 Å². The molecule has 0 spiro atoms. The van der Waals surface area contributed by atoms with Crippen LogP contribution in [0.4, 0.5) is 4.79 Å². The highest BCUT2D eigenvalue weighted by Gasteiger charge is 2.39. The number of hydrogen-bond donors (Lipinski definition) is 1. The molecule has 4 amide bonds. The lowest BCUT2D eigenvalue weighted by molar-refractivity contribution is -0.137. The van der Waals surface area contributed by atoms with Gasteiger partial charge < -0.3 is 10.2 Å². The minimum absolute atomic E-state index is 0.0173. The van der Waals surface area contributed by atoms with Gasteiger partial charge in [-0.2, -0.15) is 0 Å². The summed E-state index contributed by atoms with van der Waals surface area (Å²) in [6.45, 7) is 4.16. The van der Waals surface area contributed by atoms with Gasteiger partial charge in [-0.15, -0.1) is 0 Å².